The molecule has 3 rings (SSSR count). The van der Waals surface area contributed by atoms with Gasteiger partial charge in [0.25, 0.3) is 5.91 Å². The Morgan fingerprint density at radius 3 is 2.74 bits per heavy atom. The first kappa shape index (κ1) is 20.4. The third-order valence-corrected chi connectivity index (χ3v) is 6.25. The summed E-state index contributed by atoms with van der Waals surface area (Å²) in [5, 5.41) is 4.00. The molecule has 0 bridgehead atoms. The van der Waals surface area contributed by atoms with Gasteiger partial charge in [0, 0.05) is 31.9 Å². The number of nitrogens with zero attached hydrogens (tertiary/aromatic N) is 2. The second kappa shape index (κ2) is 9.74. The van der Waals surface area contributed by atoms with Crippen molar-refractivity contribution in [3.05, 3.63) is 22.8 Å². The Hall–Kier alpha value is -1.33. The molecule has 0 aliphatic carbocycles. The van der Waals surface area contributed by atoms with Crippen molar-refractivity contribution in [1.29, 1.82) is 0 Å². The van der Waals surface area contributed by atoms with E-state index in [0.717, 1.165) is 58.2 Å². The first-order valence-corrected chi connectivity index (χ1v) is 10.8. The molecule has 1 amide bonds. The number of likely N-dealkylation sites (tertiary alicyclic amines) is 1. The Bertz CT molecular complexity index is 630. The number of aromatic nitrogens is 1. The number of anilines is 1. The number of rotatable bonds is 6. The van der Waals surface area contributed by atoms with Crippen LogP contribution in [0.5, 0.6) is 0 Å². The van der Waals surface area contributed by atoms with Crippen LogP contribution in [0.3, 0.4) is 0 Å². The standard InChI is InChI=1S/C21H32ClN3O2/c1-3-15(4-2)19-13-17(8-11-27-19)24-20-18(22)12-16(14-23-20)21(26)25-9-6-5-7-10-25/h12,14-15,17,19H,3-11,13H2,1-2H3,(H,23,24). The van der Waals surface area contributed by atoms with Gasteiger partial charge in [-0.3, -0.25) is 4.79 Å². The molecule has 2 saturated heterocycles. The molecule has 1 N–H and O–H groups in total. The lowest BCUT2D eigenvalue weighted by Crippen LogP contribution is -2.38. The normalized spacial score (nSPS) is 23.5. The van der Waals surface area contributed by atoms with Gasteiger partial charge in [0.05, 0.1) is 16.7 Å². The number of piperidine rings is 1. The molecule has 0 radical (unpaired) electrons. The van der Waals surface area contributed by atoms with E-state index in [0.29, 0.717) is 34.5 Å². The van der Waals surface area contributed by atoms with Crippen molar-refractivity contribution in [3.8, 4) is 0 Å². The van der Waals surface area contributed by atoms with Gasteiger partial charge in [-0.1, -0.05) is 38.3 Å². The lowest BCUT2D eigenvalue weighted by molar-refractivity contribution is -0.0271. The highest BCUT2D eigenvalue weighted by Gasteiger charge is 2.28. The number of ether oxygens (including phenoxy) is 1. The topological polar surface area (TPSA) is 54.5 Å². The zero-order chi connectivity index (χ0) is 19.2. The average molecular weight is 394 g/mol. The van der Waals surface area contributed by atoms with E-state index in [1.807, 2.05) is 4.90 Å². The number of hydrogen-bond donors (Lipinski definition) is 1. The summed E-state index contributed by atoms with van der Waals surface area (Å²) < 4.78 is 5.99. The summed E-state index contributed by atoms with van der Waals surface area (Å²) in [5.41, 5.74) is 0.578. The molecule has 0 aromatic carbocycles. The predicted octanol–water partition coefficient (Wildman–Crippen LogP) is 4.76. The fourth-order valence-corrected chi connectivity index (χ4v) is 4.46. The van der Waals surface area contributed by atoms with Crippen LogP contribution < -0.4 is 5.32 Å². The van der Waals surface area contributed by atoms with Gasteiger partial charge in [-0.2, -0.15) is 0 Å². The van der Waals surface area contributed by atoms with E-state index < -0.39 is 0 Å². The summed E-state index contributed by atoms with van der Waals surface area (Å²) in [6, 6.07) is 2.06. The van der Waals surface area contributed by atoms with Crippen molar-refractivity contribution in [2.45, 2.75) is 70.9 Å². The summed E-state index contributed by atoms with van der Waals surface area (Å²) in [6.45, 7) is 6.88. The average Bonchev–Trinajstić information content (AvgIpc) is 2.71. The van der Waals surface area contributed by atoms with Crippen LogP contribution in [0.15, 0.2) is 12.3 Å². The molecule has 0 saturated carbocycles. The zero-order valence-corrected chi connectivity index (χ0v) is 17.3. The van der Waals surface area contributed by atoms with Crippen LogP contribution in [0, 0.1) is 5.92 Å². The van der Waals surface area contributed by atoms with E-state index in [1.54, 1.807) is 12.3 Å². The monoisotopic (exact) mass is 393 g/mol. The van der Waals surface area contributed by atoms with Gasteiger partial charge in [-0.05, 0) is 44.1 Å². The molecule has 27 heavy (non-hydrogen) atoms. The Balaban J connectivity index is 1.63. The maximum absolute atomic E-state index is 12.6. The van der Waals surface area contributed by atoms with Crippen molar-refractivity contribution in [2.24, 2.45) is 5.92 Å². The minimum Gasteiger partial charge on any atom is -0.378 e. The van der Waals surface area contributed by atoms with Gasteiger partial charge in [0.15, 0.2) is 0 Å². The van der Waals surface area contributed by atoms with Crippen LogP contribution in [0.1, 0.15) is 69.2 Å². The van der Waals surface area contributed by atoms with Gasteiger partial charge in [0.2, 0.25) is 0 Å². The smallest absolute Gasteiger partial charge is 0.255 e. The number of amides is 1. The SMILES string of the molecule is CCC(CC)C1CC(Nc2ncc(C(=O)N3CCCCC3)cc2Cl)CCO1. The molecule has 1 aromatic rings. The number of hydrogen-bond acceptors (Lipinski definition) is 4. The minimum absolute atomic E-state index is 0.0375. The molecule has 2 aliphatic heterocycles. The Morgan fingerprint density at radius 2 is 2.07 bits per heavy atom. The van der Waals surface area contributed by atoms with Gasteiger partial charge < -0.3 is 15.0 Å². The van der Waals surface area contributed by atoms with E-state index in [-0.39, 0.29) is 5.91 Å². The van der Waals surface area contributed by atoms with Crippen molar-refractivity contribution < 1.29 is 9.53 Å². The third-order valence-electron chi connectivity index (χ3n) is 5.96. The number of carbonyl (C=O) groups is 1. The largest absolute Gasteiger partial charge is 0.378 e. The fraction of sp³-hybridized carbons (Fsp3) is 0.714. The quantitative estimate of drug-likeness (QED) is 0.757. The molecule has 2 atom stereocenters. The molecule has 150 valence electrons. The van der Waals surface area contributed by atoms with E-state index >= 15 is 0 Å². The van der Waals surface area contributed by atoms with E-state index in [2.05, 4.69) is 24.1 Å². The minimum atomic E-state index is 0.0375. The van der Waals surface area contributed by atoms with Gasteiger partial charge >= 0.3 is 0 Å². The van der Waals surface area contributed by atoms with Crippen LogP contribution in [0.4, 0.5) is 5.82 Å². The second-order valence-corrected chi connectivity index (χ2v) is 8.17. The number of halogens is 1. The Morgan fingerprint density at radius 1 is 1.33 bits per heavy atom. The third kappa shape index (κ3) is 5.14. The van der Waals surface area contributed by atoms with Crippen LogP contribution in [-0.2, 0) is 4.74 Å². The first-order valence-electron chi connectivity index (χ1n) is 10.4. The molecular formula is C21H32ClN3O2. The van der Waals surface area contributed by atoms with Crippen molar-refractivity contribution >= 4 is 23.3 Å². The van der Waals surface area contributed by atoms with Crippen molar-refractivity contribution in [1.82, 2.24) is 9.88 Å². The van der Waals surface area contributed by atoms with Gasteiger partial charge in [0.1, 0.15) is 5.82 Å². The molecule has 2 unspecified atom stereocenters. The Kier molecular flexibility index (Phi) is 7.36. The Labute approximate surface area is 167 Å². The molecule has 5 nitrogen and oxygen atoms in total. The van der Waals surface area contributed by atoms with Crippen LogP contribution in [0.25, 0.3) is 0 Å². The lowest BCUT2D eigenvalue weighted by Gasteiger charge is -2.34. The summed E-state index contributed by atoms with van der Waals surface area (Å²) >= 11 is 6.46. The van der Waals surface area contributed by atoms with Crippen molar-refractivity contribution in [2.75, 3.05) is 25.0 Å². The van der Waals surface area contributed by atoms with E-state index in [4.69, 9.17) is 16.3 Å². The summed E-state index contributed by atoms with van der Waals surface area (Å²) in [5.74, 6) is 1.31. The highest BCUT2D eigenvalue weighted by atomic mass is 35.5. The van der Waals surface area contributed by atoms with Crippen LogP contribution in [-0.4, -0.2) is 47.6 Å². The van der Waals surface area contributed by atoms with Gasteiger partial charge in [-0.15, -0.1) is 0 Å². The second-order valence-electron chi connectivity index (χ2n) is 7.76. The molecule has 3 heterocycles. The highest BCUT2D eigenvalue weighted by Crippen LogP contribution is 2.29. The molecule has 0 spiro atoms. The molecule has 6 heteroatoms. The van der Waals surface area contributed by atoms with Crippen LogP contribution >= 0.6 is 11.6 Å². The maximum atomic E-state index is 12.6. The maximum Gasteiger partial charge on any atom is 0.255 e. The van der Waals surface area contributed by atoms with Gasteiger partial charge in [-0.25, -0.2) is 4.98 Å². The molecule has 2 fully saturated rings. The number of pyridine rings is 1. The fourth-order valence-electron chi connectivity index (χ4n) is 4.24. The first-order chi connectivity index (χ1) is 13.1. The number of carbonyl (C=O) groups excluding carboxylic acids is 1. The van der Waals surface area contributed by atoms with E-state index in [9.17, 15) is 4.79 Å². The summed E-state index contributed by atoms with van der Waals surface area (Å²) in [4.78, 5) is 19.0. The summed E-state index contributed by atoms with van der Waals surface area (Å²) in [6.07, 6.45) is 9.51. The lowest BCUT2D eigenvalue weighted by atomic mass is 9.89. The van der Waals surface area contributed by atoms with E-state index in [1.165, 1.54) is 6.42 Å². The molecule has 1 aromatic heterocycles. The summed E-state index contributed by atoms with van der Waals surface area (Å²) in [7, 11) is 0. The van der Waals surface area contributed by atoms with Crippen molar-refractivity contribution in [3.63, 3.8) is 0 Å². The van der Waals surface area contributed by atoms with Crippen LogP contribution in [0.2, 0.25) is 5.02 Å². The highest BCUT2D eigenvalue weighted by molar-refractivity contribution is 6.33. The molecule has 2 aliphatic rings. The zero-order valence-electron chi connectivity index (χ0n) is 16.5. The number of nitrogens with one attached hydrogen (secondary N) is 1. The molecular weight excluding hydrogens is 362 g/mol. The predicted molar refractivity (Wildman–Crippen MR) is 109 cm³/mol.